The number of hydrogen-bond donors (Lipinski definition) is 1. The lowest BCUT2D eigenvalue weighted by molar-refractivity contribution is -0.159. The number of nitrogens with zero attached hydrogens (tertiary/aromatic N) is 1. The molecule has 6 heteroatoms. The molecule has 1 amide bonds. The van der Waals surface area contributed by atoms with Crippen LogP contribution in [0.1, 0.15) is 31.4 Å². The summed E-state index contributed by atoms with van der Waals surface area (Å²) in [5, 5.41) is 9.33. The maximum atomic E-state index is 12.5. The molecule has 0 aromatic carbocycles. The van der Waals surface area contributed by atoms with E-state index in [1.54, 1.807) is 30.4 Å². The fourth-order valence-corrected chi connectivity index (χ4v) is 2.56. The van der Waals surface area contributed by atoms with Gasteiger partial charge in [0, 0.05) is 20.1 Å². The van der Waals surface area contributed by atoms with Crippen LogP contribution in [-0.2, 0) is 20.9 Å². The van der Waals surface area contributed by atoms with Gasteiger partial charge in [0.05, 0.1) is 24.8 Å². The fourth-order valence-electron chi connectivity index (χ4n) is 2.56. The Kier molecular flexibility index (Phi) is 5.01. The van der Waals surface area contributed by atoms with Crippen LogP contribution >= 0.6 is 0 Å². The van der Waals surface area contributed by atoms with E-state index in [1.165, 1.54) is 0 Å². The number of amides is 1. The van der Waals surface area contributed by atoms with E-state index in [9.17, 15) is 14.7 Å². The highest BCUT2D eigenvalue weighted by Gasteiger charge is 2.46. The maximum absolute atomic E-state index is 12.5. The van der Waals surface area contributed by atoms with E-state index in [1.807, 2.05) is 0 Å². The normalized spacial score (nSPS) is 16.2. The van der Waals surface area contributed by atoms with Crippen LogP contribution in [0.25, 0.3) is 0 Å². The van der Waals surface area contributed by atoms with Crippen molar-refractivity contribution in [2.24, 2.45) is 5.41 Å². The predicted octanol–water partition coefficient (Wildman–Crippen LogP) is 1.90. The zero-order valence-corrected chi connectivity index (χ0v) is 12.2. The van der Waals surface area contributed by atoms with E-state index in [2.05, 4.69) is 0 Å². The lowest BCUT2D eigenvalue weighted by Gasteiger charge is -2.38. The van der Waals surface area contributed by atoms with Crippen LogP contribution in [0.4, 0.5) is 0 Å². The standard InChI is InChI=1S/C15H21NO5/c1-20-9-7-16(11-12-4-2-8-21-12)13(17)10-15(14(18)19)5-3-6-15/h2,4,8H,3,5-7,9-11H2,1H3,(H,18,19). The number of ether oxygens (including phenoxy) is 1. The van der Waals surface area contributed by atoms with Crippen molar-refractivity contribution in [2.75, 3.05) is 20.3 Å². The Morgan fingerprint density at radius 1 is 1.48 bits per heavy atom. The fraction of sp³-hybridized carbons (Fsp3) is 0.600. The van der Waals surface area contributed by atoms with Gasteiger partial charge >= 0.3 is 5.97 Å². The smallest absolute Gasteiger partial charge is 0.310 e. The summed E-state index contributed by atoms with van der Waals surface area (Å²) < 4.78 is 10.3. The lowest BCUT2D eigenvalue weighted by Crippen LogP contribution is -2.44. The summed E-state index contributed by atoms with van der Waals surface area (Å²) in [6.07, 6.45) is 3.63. The van der Waals surface area contributed by atoms with Crippen molar-refractivity contribution >= 4 is 11.9 Å². The number of carbonyl (C=O) groups is 2. The molecule has 6 nitrogen and oxygen atoms in total. The maximum Gasteiger partial charge on any atom is 0.310 e. The molecule has 0 saturated heterocycles. The van der Waals surface area contributed by atoms with Crippen molar-refractivity contribution in [1.29, 1.82) is 0 Å². The first-order valence-electron chi connectivity index (χ1n) is 7.10. The molecule has 1 saturated carbocycles. The van der Waals surface area contributed by atoms with Gasteiger partial charge in [-0.15, -0.1) is 0 Å². The van der Waals surface area contributed by atoms with Crippen molar-refractivity contribution in [3.8, 4) is 0 Å². The zero-order chi connectivity index (χ0) is 15.3. The number of methoxy groups -OCH3 is 1. The average Bonchev–Trinajstić information content (AvgIpc) is 2.90. The van der Waals surface area contributed by atoms with Crippen LogP contribution in [0.15, 0.2) is 22.8 Å². The van der Waals surface area contributed by atoms with Gasteiger partial charge in [-0.2, -0.15) is 0 Å². The molecule has 116 valence electrons. The molecule has 0 atom stereocenters. The monoisotopic (exact) mass is 295 g/mol. The minimum absolute atomic E-state index is 0.0484. The molecule has 2 rings (SSSR count). The highest BCUT2D eigenvalue weighted by Crippen LogP contribution is 2.44. The topological polar surface area (TPSA) is 80.0 Å². The van der Waals surface area contributed by atoms with Gasteiger partial charge in [-0.05, 0) is 25.0 Å². The molecular formula is C15H21NO5. The van der Waals surface area contributed by atoms with Crippen molar-refractivity contribution < 1.29 is 23.8 Å². The Balaban J connectivity index is 2.01. The summed E-state index contributed by atoms with van der Waals surface area (Å²) in [6.45, 7) is 1.17. The lowest BCUT2D eigenvalue weighted by atomic mass is 9.66. The third kappa shape index (κ3) is 3.64. The Hall–Kier alpha value is -1.82. The molecule has 1 aliphatic rings. The van der Waals surface area contributed by atoms with Crippen LogP contribution in [0.3, 0.4) is 0 Å². The summed E-state index contributed by atoms with van der Waals surface area (Å²) in [5.41, 5.74) is -0.869. The van der Waals surface area contributed by atoms with Gasteiger partial charge in [-0.1, -0.05) is 6.42 Å². The van der Waals surface area contributed by atoms with Crippen LogP contribution in [0.5, 0.6) is 0 Å². The molecule has 1 aromatic rings. The number of furan rings is 1. The minimum Gasteiger partial charge on any atom is -0.481 e. The molecule has 0 aliphatic heterocycles. The second-order valence-electron chi connectivity index (χ2n) is 5.50. The van der Waals surface area contributed by atoms with E-state index in [0.29, 0.717) is 38.3 Å². The van der Waals surface area contributed by atoms with Crippen LogP contribution in [0, 0.1) is 5.41 Å². The second-order valence-corrected chi connectivity index (χ2v) is 5.50. The molecule has 0 bridgehead atoms. The molecule has 0 unspecified atom stereocenters. The highest BCUT2D eigenvalue weighted by molar-refractivity contribution is 5.85. The first-order valence-corrected chi connectivity index (χ1v) is 7.10. The van der Waals surface area contributed by atoms with Crippen molar-refractivity contribution in [3.05, 3.63) is 24.2 Å². The zero-order valence-electron chi connectivity index (χ0n) is 12.2. The number of carboxylic acid groups (broad SMARTS) is 1. The molecule has 1 aromatic heterocycles. The summed E-state index contributed by atoms with van der Waals surface area (Å²) in [4.78, 5) is 25.4. The van der Waals surface area contributed by atoms with Gasteiger partial charge in [-0.25, -0.2) is 0 Å². The Labute approximate surface area is 123 Å². The summed E-state index contributed by atoms with van der Waals surface area (Å²) in [6, 6.07) is 3.56. The highest BCUT2D eigenvalue weighted by atomic mass is 16.5. The van der Waals surface area contributed by atoms with E-state index in [-0.39, 0.29) is 12.3 Å². The predicted molar refractivity (Wildman–Crippen MR) is 74.5 cm³/mol. The Morgan fingerprint density at radius 2 is 2.24 bits per heavy atom. The van der Waals surface area contributed by atoms with Gasteiger partial charge in [0.25, 0.3) is 0 Å². The molecule has 21 heavy (non-hydrogen) atoms. The third-order valence-corrected chi connectivity index (χ3v) is 4.10. The van der Waals surface area contributed by atoms with Crippen LogP contribution in [-0.4, -0.2) is 42.1 Å². The number of carbonyl (C=O) groups excluding carboxylic acids is 1. The molecule has 1 aliphatic carbocycles. The molecule has 1 N–H and O–H groups in total. The SMILES string of the molecule is COCCN(Cc1ccco1)C(=O)CC1(C(=O)O)CCC1. The number of rotatable bonds is 8. The molecular weight excluding hydrogens is 274 g/mol. The Morgan fingerprint density at radius 3 is 2.71 bits per heavy atom. The molecule has 1 fully saturated rings. The quantitative estimate of drug-likeness (QED) is 0.792. The largest absolute Gasteiger partial charge is 0.481 e. The minimum atomic E-state index is -0.869. The first-order chi connectivity index (χ1) is 10.1. The van der Waals surface area contributed by atoms with Crippen molar-refractivity contribution in [1.82, 2.24) is 4.90 Å². The third-order valence-electron chi connectivity index (χ3n) is 4.10. The Bertz CT molecular complexity index is 478. The number of aliphatic carboxylic acids is 1. The summed E-state index contributed by atoms with van der Waals surface area (Å²) in [5.74, 6) is -0.352. The van der Waals surface area contributed by atoms with E-state index in [4.69, 9.17) is 9.15 Å². The van der Waals surface area contributed by atoms with Crippen molar-refractivity contribution in [3.63, 3.8) is 0 Å². The van der Waals surface area contributed by atoms with Gasteiger partial charge in [0.1, 0.15) is 5.76 Å². The summed E-state index contributed by atoms with van der Waals surface area (Å²) in [7, 11) is 1.57. The summed E-state index contributed by atoms with van der Waals surface area (Å²) >= 11 is 0. The van der Waals surface area contributed by atoms with Gasteiger partial charge in [-0.3, -0.25) is 9.59 Å². The van der Waals surface area contributed by atoms with Gasteiger partial charge < -0.3 is 19.2 Å². The average molecular weight is 295 g/mol. The second kappa shape index (κ2) is 6.76. The van der Waals surface area contributed by atoms with E-state index in [0.717, 1.165) is 6.42 Å². The molecule has 0 radical (unpaired) electrons. The van der Waals surface area contributed by atoms with Gasteiger partial charge in [0.2, 0.25) is 5.91 Å². The molecule has 0 spiro atoms. The van der Waals surface area contributed by atoms with Crippen LogP contribution < -0.4 is 0 Å². The van der Waals surface area contributed by atoms with E-state index < -0.39 is 11.4 Å². The number of hydrogen-bond acceptors (Lipinski definition) is 4. The van der Waals surface area contributed by atoms with Crippen molar-refractivity contribution in [2.45, 2.75) is 32.2 Å². The van der Waals surface area contributed by atoms with Gasteiger partial charge in [0.15, 0.2) is 0 Å². The number of carboxylic acids is 1. The van der Waals surface area contributed by atoms with E-state index >= 15 is 0 Å². The van der Waals surface area contributed by atoms with Crippen LogP contribution in [0.2, 0.25) is 0 Å². The first kappa shape index (κ1) is 15.6. The molecule has 1 heterocycles.